The molecule has 138 valence electrons. The Morgan fingerprint density at radius 1 is 1.38 bits per heavy atom. The summed E-state index contributed by atoms with van der Waals surface area (Å²) in [5, 5.41) is 3.01. The molecular weight excluding hydrogens is 346 g/mol. The minimum atomic E-state index is -0.187. The van der Waals surface area contributed by atoms with Gasteiger partial charge in [-0.2, -0.15) is 0 Å². The lowest BCUT2D eigenvalue weighted by atomic mass is 9.82. The lowest BCUT2D eigenvalue weighted by Crippen LogP contribution is -2.44. The second-order valence-corrected chi connectivity index (χ2v) is 8.43. The highest BCUT2D eigenvalue weighted by molar-refractivity contribution is 7.14. The smallest absolute Gasteiger partial charge is 0.261 e. The summed E-state index contributed by atoms with van der Waals surface area (Å²) in [5.41, 5.74) is 2.91. The number of hydrogen-bond acceptors (Lipinski definition) is 5. The molecule has 0 radical (unpaired) electrons. The summed E-state index contributed by atoms with van der Waals surface area (Å²) in [5.74, 6) is -0.0178. The first-order valence-electron chi connectivity index (χ1n) is 9.22. The van der Waals surface area contributed by atoms with Gasteiger partial charge in [0.2, 0.25) is 0 Å². The number of aromatic nitrogens is 1. The average Bonchev–Trinajstić information content (AvgIpc) is 3.08. The van der Waals surface area contributed by atoms with Crippen LogP contribution < -0.4 is 5.32 Å². The normalized spacial score (nSPS) is 19.3. The molecule has 0 unspecified atom stereocenters. The van der Waals surface area contributed by atoms with Gasteiger partial charge in [0.15, 0.2) is 0 Å². The molecule has 1 spiro atoms. The van der Waals surface area contributed by atoms with E-state index in [-0.39, 0.29) is 11.5 Å². The topological polar surface area (TPSA) is 54.5 Å². The molecule has 4 rings (SSSR count). The molecule has 0 aromatic carbocycles. The van der Waals surface area contributed by atoms with Gasteiger partial charge in [0, 0.05) is 30.1 Å². The Labute approximate surface area is 158 Å². The van der Waals surface area contributed by atoms with Crippen LogP contribution in [0.5, 0.6) is 0 Å². The number of nitrogens with one attached hydrogen (secondary N) is 1. The van der Waals surface area contributed by atoms with Gasteiger partial charge in [0.25, 0.3) is 5.91 Å². The molecule has 1 amide bonds. The molecule has 26 heavy (non-hydrogen) atoms. The van der Waals surface area contributed by atoms with Crippen LogP contribution in [0.3, 0.4) is 0 Å². The molecule has 2 aliphatic rings. The number of thiophene rings is 1. The molecule has 6 heteroatoms. The minimum absolute atomic E-state index is 0.0178. The molecule has 1 saturated heterocycles. The summed E-state index contributed by atoms with van der Waals surface area (Å²) in [4.78, 5) is 21.6. The van der Waals surface area contributed by atoms with E-state index in [1.165, 1.54) is 10.4 Å². The standard InChI is InChI=1S/C20H25N3O2S/c1-14-4-3-5-15(22-14)13-21-19(24)18-12-16-17(26-18)6-11-25-20(16)7-9-23(2)10-8-20/h3-5,12H,6-11,13H2,1-2H3,(H,21,24). The van der Waals surface area contributed by atoms with Gasteiger partial charge in [-0.25, -0.2) is 0 Å². The van der Waals surface area contributed by atoms with Gasteiger partial charge >= 0.3 is 0 Å². The van der Waals surface area contributed by atoms with E-state index in [1.807, 2.05) is 25.1 Å². The van der Waals surface area contributed by atoms with Crippen molar-refractivity contribution < 1.29 is 9.53 Å². The number of hydrogen-bond donors (Lipinski definition) is 1. The van der Waals surface area contributed by atoms with Gasteiger partial charge in [-0.3, -0.25) is 9.78 Å². The summed E-state index contributed by atoms with van der Waals surface area (Å²) < 4.78 is 6.26. The molecule has 2 aliphatic heterocycles. The Balaban J connectivity index is 1.50. The number of ether oxygens (including phenoxy) is 1. The monoisotopic (exact) mass is 371 g/mol. The van der Waals surface area contributed by atoms with Gasteiger partial charge < -0.3 is 15.0 Å². The first-order valence-corrected chi connectivity index (χ1v) is 10.0. The fourth-order valence-corrected chi connectivity index (χ4v) is 5.03. The maximum atomic E-state index is 12.7. The Kier molecular flexibility index (Phi) is 4.82. The number of carbonyl (C=O) groups excluding carboxylic acids is 1. The van der Waals surface area contributed by atoms with Crippen molar-refractivity contribution in [3.05, 3.63) is 51.0 Å². The molecule has 0 saturated carbocycles. The van der Waals surface area contributed by atoms with E-state index >= 15 is 0 Å². The summed E-state index contributed by atoms with van der Waals surface area (Å²) in [7, 11) is 2.16. The summed E-state index contributed by atoms with van der Waals surface area (Å²) in [6, 6.07) is 7.94. The van der Waals surface area contributed by atoms with Gasteiger partial charge in [-0.05, 0) is 50.6 Å². The summed E-state index contributed by atoms with van der Waals surface area (Å²) in [6.07, 6.45) is 2.91. The van der Waals surface area contributed by atoms with Crippen molar-refractivity contribution in [1.29, 1.82) is 0 Å². The fourth-order valence-electron chi connectivity index (χ4n) is 3.88. The third-order valence-corrected chi connectivity index (χ3v) is 6.60. The van der Waals surface area contributed by atoms with Gasteiger partial charge in [-0.15, -0.1) is 11.3 Å². The van der Waals surface area contributed by atoms with Crippen molar-refractivity contribution in [2.45, 2.75) is 38.3 Å². The van der Waals surface area contributed by atoms with Crippen molar-refractivity contribution in [2.24, 2.45) is 0 Å². The van der Waals surface area contributed by atoms with Crippen molar-refractivity contribution in [2.75, 3.05) is 26.7 Å². The van der Waals surface area contributed by atoms with Crippen molar-refractivity contribution in [3.8, 4) is 0 Å². The zero-order chi connectivity index (χ0) is 18.1. The summed E-state index contributed by atoms with van der Waals surface area (Å²) >= 11 is 1.62. The maximum absolute atomic E-state index is 12.7. The van der Waals surface area contributed by atoms with Crippen LogP contribution in [-0.2, 0) is 23.3 Å². The molecule has 2 aromatic rings. The number of carbonyl (C=O) groups is 1. The third kappa shape index (κ3) is 3.41. The Morgan fingerprint density at radius 3 is 2.96 bits per heavy atom. The number of fused-ring (bicyclic) bond motifs is 2. The number of piperidine rings is 1. The number of nitrogens with zero attached hydrogens (tertiary/aromatic N) is 2. The van der Waals surface area contributed by atoms with Crippen LogP contribution in [-0.4, -0.2) is 42.5 Å². The van der Waals surface area contributed by atoms with E-state index < -0.39 is 0 Å². The molecule has 1 fully saturated rings. The van der Waals surface area contributed by atoms with Gasteiger partial charge in [-0.1, -0.05) is 6.07 Å². The van der Waals surface area contributed by atoms with Crippen LogP contribution in [0.15, 0.2) is 24.3 Å². The molecule has 4 heterocycles. The Hall–Kier alpha value is -1.76. The Bertz CT molecular complexity index is 809. The van der Waals surface area contributed by atoms with E-state index in [1.54, 1.807) is 11.3 Å². The first-order chi connectivity index (χ1) is 12.6. The SMILES string of the molecule is Cc1cccc(CNC(=O)c2cc3c(s2)CCOC32CCN(C)CC2)n1. The lowest BCUT2D eigenvalue weighted by Gasteiger charge is -2.43. The number of amides is 1. The van der Waals surface area contributed by atoms with E-state index in [9.17, 15) is 4.79 Å². The predicted octanol–water partition coefficient (Wildman–Crippen LogP) is 2.88. The highest BCUT2D eigenvalue weighted by atomic mass is 32.1. The van der Waals surface area contributed by atoms with Crippen LogP contribution in [0.1, 0.15) is 44.3 Å². The molecule has 2 aromatic heterocycles. The van der Waals surface area contributed by atoms with E-state index in [0.717, 1.165) is 55.2 Å². The summed E-state index contributed by atoms with van der Waals surface area (Å²) in [6.45, 7) is 5.24. The number of aryl methyl sites for hydroxylation is 1. The maximum Gasteiger partial charge on any atom is 0.261 e. The molecule has 0 bridgehead atoms. The Morgan fingerprint density at radius 2 is 2.19 bits per heavy atom. The van der Waals surface area contributed by atoms with Crippen molar-refractivity contribution in [3.63, 3.8) is 0 Å². The van der Waals surface area contributed by atoms with E-state index in [4.69, 9.17) is 4.74 Å². The zero-order valence-electron chi connectivity index (χ0n) is 15.4. The largest absolute Gasteiger partial charge is 0.370 e. The van der Waals surface area contributed by atoms with Crippen molar-refractivity contribution in [1.82, 2.24) is 15.2 Å². The van der Waals surface area contributed by atoms with Gasteiger partial charge in [0.05, 0.1) is 29.3 Å². The number of pyridine rings is 1. The lowest BCUT2D eigenvalue weighted by molar-refractivity contribution is -0.0942. The second-order valence-electron chi connectivity index (χ2n) is 7.30. The predicted molar refractivity (Wildman–Crippen MR) is 103 cm³/mol. The first kappa shape index (κ1) is 17.6. The minimum Gasteiger partial charge on any atom is -0.370 e. The quantitative estimate of drug-likeness (QED) is 0.901. The fraction of sp³-hybridized carbons (Fsp3) is 0.500. The van der Waals surface area contributed by atoms with Crippen LogP contribution in [0, 0.1) is 6.92 Å². The average molecular weight is 372 g/mol. The third-order valence-electron chi connectivity index (χ3n) is 5.40. The van der Waals surface area contributed by atoms with Crippen LogP contribution >= 0.6 is 11.3 Å². The highest BCUT2D eigenvalue weighted by Gasteiger charge is 2.41. The van der Waals surface area contributed by atoms with Crippen LogP contribution in [0.25, 0.3) is 0 Å². The molecule has 1 N–H and O–H groups in total. The van der Waals surface area contributed by atoms with Crippen molar-refractivity contribution >= 4 is 17.2 Å². The molecule has 0 aliphatic carbocycles. The van der Waals surface area contributed by atoms with Gasteiger partial charge in [0.1, 0.15) is 0 Å². The van der Waals surface area contributed by atoms with Crippen LogP contribution in [0.4, 0.5) is 0 Å². The highest BCUT2D eigenvalue weighted by Crippen LogP contribution is 2.44. The molecule has 5 nitrogen and oxygen atoms in total. The number of rotatable bonds is 3. The zero-order valence-corrected chi connectivity index (χ0v) is 16.2. The number of likely N-dealkylation sites (tertiary alicyclic amines) is 1. The molecular formula is C20H25N3O2S. The van der Waals surface area contributed by atoms with Crippen LogP contribution in [0.2, 0.25) is 0 Å². The van der Waals surface area contributed by atoms with E-state index in [2.05, 4.69) is 28.3 Å². The molecule has 0 atom stereocenters. The second kappa shape index (κ2) is 7.10. The van der Waals surface area contributed by atoms with E-state index in [0.29, 0.717) is 6.54 Å².